The molecule has 152 valence electrons. The number of amides is 1. The average Bonchev–Trinajstić information content (AvgIpc) is 2.64. The third kappa shape index (κ3) is 5.66. The van der Waals surface area contributed by atoms with E-state index in [4.69, 9.17) is 4.74 Å². The molecule has 27 heavy (non-hydrogen) atoms. The van der Waals surface area contributed by atoms with Crippen molar-refractivity contribution in [3.63, 3.8) is 0 Å². The van der Waals surface area contributed by atoms with Crippen LogP contribution in [0.3, 0.4) is 0 Å². The third-order valence-electron chi connectivity index (χ3n) is 4.45. The lowest BCUT2D eigenvalue weighted by Gasteiger charge is -2.30. The van der Waals surface area contributed by atoms with E-state index in [1.54, 1.807) is 7.11 Å². The number of nitrogens with one attached hydrogen (secondary N) is 1. The molecule has 1 aromatic rings. The molecule has 1 N–H and O–H groups in total. The zero-order valence-electron chi connectivity index (χ0n) is 15.0. The maximum Gasteiger partial charge on any atom is 0.416 e. The number of sulfonamides is 1. The van der Waals surface area contributed by atoms with E-state index < -0.39 is 21.8 Å². The normalized spacial score (nSPS) is 17.0. The van der Waals surface area contributed by atoms with E-state index in [0.717, 1.165) is 22.5 Å². The number of halogens is 3. The number of carbonyl (C=O) groups is 1. The summed E-state index contributed by atoms with van der Waals surface area (Å²) >= 11 is 0. The van der Waals surface area contributed by atoms with Gasteiger partial charge in [-0.15, -0.1) is 0 Å². The Morgan fingerprint density at radius 1 is 1.30 bits per heavy atom. The smallest absolute Gasteiger partial charge is 0.385 e. The molecule has 1 aliphatic rings. The molecule has 0 unspecified atom stereocenters. The van der Waals surface area contributed by atoms with Crippen LogP contribution in [0.15, 0.2) is 29.2 Å². The van der Waals surface area contributed by atoms with E-state index in [-0.39, 0.29) is 29.8 Å². The van der Waals surface area contributed by atoms with Crippen LogP contribution in [0, 0.1) is 5.92 Å². The van der Waals surface area contributed by atoms with Crippen molar-refractivity contribution < 1.29 is 31.1 Å². The number of piperidine rings is 1. The third-order valence-corrected chi connectivity index (χ3v) is 6.34. The largest absolute Gasteiger partial charge is 0.416 e. The van der Waals surface area contributed by atoms with E-state index >= 15 is 0 Å². The number of rotatable bonds is 7. The summed E-state index contributed by atoms with van der Waals surface area (Å²) in [5.74, 6) is -0.442. The Morgan fingerprint density at radius 2 is 1.96 bits per heavy atom. The highest BCUT2D eigenvalue weighted by molar-refractivity contribution is 7.89. The standard InChI is InChI=1S/C17H23F3N2O4S/c1-26-11-3-8-21-16(23)13-6-9-22(10-7-13)27(24,25)15-5-2-4-14(12-15)17(18,19)20/h2,4-5,12-13H,3,6-11H2,1H3,(H,21,23). The van der Waals surface area contributed by atoms with Crippen LogP contribution in [0.2, 0.25) is 0 Å². The van der Waals surface area contributed by atoms with Gasteiger partial charge >= 0.3 is 6.18 Å². The quantitative estimate of drug-likeness (QED) is 0.703. The second-order valence-corrected chi connectivity index (χ2v) is 8.28. The summed E-state index contributed by atoms with van der Waals surface area (Å²) in [5, 5.41) is 2.78. The molecule has 1 saturated heterocycles. The maximum absolute atomic E-state index is 12.8. The Kier molecular flexibility index (Phi) is 7.24. The number of nitrogens with zero attached hydrogens (tertiary/aromatic N) is 1. The molecule has 0 radical (unpaired) electrons. The molecule has 1 amide bonds. The molecule has 0 bridgehead atoms. The average molecular weight is 408 g/mol. The highest BCUT2D eigenvalue weighted by atomic mass is 32.2. The van der Waals surface area contributed by atoms with Crippen molar-refractivity contribution in [2.45, 2.75) is 30.3 Å². The van der Waals surface area contributed by atoms with E-state index in [2.05, 4.69) is 5.32 Å². The number of hydrogen-bond donors (Lipinski definition) is 1. The molecule has 1 fully saturated rings. The Hall–Kier alpha value is -1.65. The van der Waals surface area contributed by atoms with Gasteiger partial charge in [0.15, 0.2) is 0 Å². The molecule has 0 aromatic heterocycles. The van der Waals surface area contributed by atoms with Crippen LogP contribution in [0.4, 0.5) is 13.2 Å². The second kappa shape index (κ2) is 9.03. The second-order valence-electron chi connectivity index (χ2n) is 6.34. The highest BCUT2D eigenvalue weighted by Gasteiger charge is 2.35. The minimum Gasteiger partial charge on any atom is -0.385 e. The number of ether oxygens (including phenoxy) is 1. The summed E-state index contributed by atoms with van der Waals surface area (Å²) in [7, 11) is -2.46. The Bertz CT molecular complexity index is 745. The van der Waals surface area contributed by atoms with Crippen LogP contribution in [-0.4, -0.2) is 52.0 Å². The van der Waals surface area contributed by atoms with Crippen LogP contribution in [0.5, 0.6) is 0 Å². The SMILES string of the molecule is COCCCNC(=O)C1CCN(S(=O)(=O)c2cccc(C(F)(F)F)c2)CC1. The van der Waals surface area contributed by atoms with Crippen molar-refractivity contribution in [3.8, 4) is 0 Å². The van der Waals surface area contributed by atoms with Gasteiger partial charge < -0.3 is 10.1 Å². The van der Waals surface area contributed by atoms with Crippen molar-refractivity contribution in [1.29, 1.82) is 0 Å². The zero-order valence-corrected chi connectivity index (χ0v) is 15.8. The molecule has 1 aromatic carbocycles. The topological polar surface area (TPSA) is 75.7 Å². The fourth-order valence-corrected chi connectivity index (χ4v) is 4.43. The summed E-state index contributed by atoms with van der Waals surface area (Å²) < 4.78 is 69.8. The molecule has 0 spiro atoms. The molecule has 0 saturated carbocycles. The van der Waals surface area contributed by atoms with Gasteiger partial charge in [0.1, 0.15) is 0 Å². The number of carbonyl (C=O) groups excluding carboxylic acids is 1. The first kappa shape index (κ1) is 21.6. The van der Waals surface area contributed by atoms with Crippen molar-refractivity contribution in [2.75, 3.05) is 33.4 Å². The molecule has 0 aliphatic carbocycles. The van der Waals surface area contributed by atoms with Crippen LogP contribution in [0.1, 0.15) is 24.8 Å². The van der Waals surface area contributed by atoms with Gasteiger partial charge in [0.05, 0.1) is 10.5 Å². The lowest BCUT2D eigenvalue weighted by Crippen LogP contribution is -2.43. The summed E-state index contributed by atoms with van der Waals surface area (Å²) in [6, 6.07) is 3.71. The highest BCUT2D eigenvalue weighted by Crippen LogP contribution is 2.32. The molecule has 1 aliphatic heterocycles. The summed E-state index contributed by atoms with van der Waals surface area (Å²) in [4.78, 5) is 11.7. The molecule has 0 atom stereocenters. The summed E-state index contributed by atoms with van der Waals surface area (Å²) in [6.45, 7) is 1.20. The number of benzene rings is 1. The van der Waals surface area contributed by atoms with E-state index in [1.807, 2.05) is 0 Å². The minimum absolute atomic E-state index is 0.0920. The molecule has 1 heterocycles. The van der Waals surface area contributed by atoms with Gasteiger partial charge in [0.25, 0.3) is 0 Å². The zero-order chi connectivity index (χ0) is 20.1. The van der Waals surface area contributed by atoms with Gasteiger partial charge in [-0.1, -0.05) is 6.07 Å². The van der Waals surface area contributed by atoms with E-state index in [9.17, 15) is 26.4 Å². The van der Waals surface area contributed by atoms with Crippen LogP contribution >= 0.6 is 0 Å². The van der Waals surface area contributed by atoms with Crippen LogP contribution in [0.25, 0.3) is 0 Å². The van der Waals surface area contributed by atoms with Gasteiger partial charge in [-0.25, -0.2) is 8.42 Å². The summed E-state index contributed by atoms with van der Waals surface area (Å²) in [6.07, 6.45) is -3.27. The van der Waals surface area contributed by atoms with Crippen LogP contribution < -0.4 is 5.32 Å². The first-order chi connectivity index (χ1) is 12.7. The molecule has 10 heteroatoms. The van der Waals surface area contributed by atoms with Crippen molar-refractivity contribution in [3.05, 3.63) is 29.8 Å². The van der Waals surface area contributed by atoms with Crippen LogP contribution in [-0.2, 0) is 25.7 Å². The van der Waals surface area contributed by atoms with Gasteiger partial charge in [-0.3, -0.25) is 4.79 Å². The molecular weight excluding hydrogens is 385 g/mol. The van der Waals surface area contributed by atoms with Crippen molar-refractivity contribution in [2.24, 2.45) is 5.92 Å². The predicted molar refractivity (Wildman–Crippen MR) is 92.4 cm³/mol. The molecule has 6 nitrogen and oxygen atoms in total. The Labute approximate surface area is 156 Å². The lowest BCUT2D eigenvalue weighted by molar-refractivity contribution is -0.137. The predicted octanol–water partition coefficient (Wildman–Crippen LogP) is 2.26. The fourth-order valence-electron chi connectivity index (χ4n) is 2.91. The number of hydrogen-bond acceptors (Lipinski definition) is 4. The first-order valence-electron chi connectivity index (χ1n) is 8.60. The molecule has 2 rings (SSSR count). The fraction of sp³-hybridized carbons (Fsp3) is 0.588. The van der Waals surface area contributed by atoms with E-state index in [1.165, 1.54) is 0 Å². The van der Waals surface area contributed by atoms with Gasteiger partial charge in [-0.05, 0) is 37.5 Å². The van der Waals surface area contributed by atoms with Crippen molar-refractivity contribution >= 4 is 15.9 Å². The van der Waals surface area contributed by atoms with E-state index in [0.29, 0.717) is 38.5 Å². The monoisotopic (exact) mass is 408 g/mol. The molecular formula is C17H23F3N2O4S. The first-order valence-corrected chi connectivity index (χ1v) is 10.0. The maximum atomic E-state index is 12.8. The van der Waals surface area contributed by atoms with Crippen molar-refractivity contribution in [1.82, 2.24) is 9.62 Å². The number of alkyl halides is 3. The Balaban J connectivity index is 1.98. The number of methoxy groups -OCH3 is 1. The Morgan fingerprint density at radius 3 is 2.56 bits per heavy atom. The van der Waals surface area contributed by atoms with Gasteiger partial charge in [-0.2, -0.15) is 17.5 Å². The summed E-state index contributed by atoms with van der Waals surface area (Å²) in [5.41, 5.74) is -1.01. The van der Waals surface area contributed by atoms with Gasteiger partial charge in [0.2, 0.25) is 15.9 Å². The minimum atomic E-state index is -4.61. The lowest BCUT2D eigenvalue weighted by atomic mass is 9.97. The van der Waals surface area contributed by atoms with Gasteiger partial charge in [0, 0.05) is 39.3 Å².